The van der Waals surface area contributed by atoms with E-state index < -0.39 is 41.5 Å². The molecule has 1 aliphatic rings. The monoisotopic (exact) mass is 526 g/mol. The van der Waals surface area contributed by atoms with Crippen molar-refractivity contribution in [3.05, 3.63) is 69.7 Å². The van der Waals surface area contributed by atoms with Crippen molar-refractivity contribution in [3.63, 3.8) is 0 Å². The number of esters is 2. The molecule has 0 saturated carbocycles. The number of ether oxygens (including phenoxy) is 1. The van der Waals surface area contributed by atoms with E-state index in [1.165, 1.54) is 0 Å². The number of alkyl halides is 3. The van der Waals surface area contributed by atoms with Crippen LogP contribution in [0.1, 0.15) is 43.7 Å². The topological polar surface area (TPSA) is 79.2 Å². The van der Waals surface area contributed by atoms with Crippen molar-refractivity contribution in [1.29, 1.82) is 5.26 Å². The number of benzene rings is 2. The molecule has 2 aromatic rings. The van der Waals surface area contributed by atoms with E-state index in [4.69, 9.17) is 23.2 Å². The van der Waals surface area contributed by atoms with E-state index in [0.717, 1.165) is 0 Å². The van der Waals surface area contributed by atoms with Gasteiger partial charge in [0, 0.05) is 22.0 Å². The van der Waals surface area contributed by atoms with Gasteiger partial charge in [0.25, 0.3) is 0 Å². The van der Waals surface area contributed by atoms with Crippen LogP contribution < -0.4 is 5.32 Å². The second kappa shape index (κ2) is 10.6. The SMILES string of the molecule is CCC(CC)[C@H]1N[C@@H](C(=O)OC(=O)C(F)(F)F)[C@H](c2cccc(Cl)c2)[C@@]1(C#N)c1ccc(Cl)cc1. The number of nitriles is 1. The van der Waals surface area contributed by atoms with Gasteiger partial charge >= 0.3 is 18.1 Å². The lowest BCUT2D eigenvalue weighted by molar-refractivity contribution is -0.202. The van der Waals surface area contributed by atoms with Gasteiger partial charge < -0.3 is 4.74 Å². The smallest absolute Gasteiger partial charge is 0.385 e. The van der Waals surface area contributed by atoms with Gasteiger partial charge in [0.15, 0.2) is 0 Å². The fraction of sp³-hybridized carbons (Fsp3) is 0.400. The van der Waals surface area contributed by atoms with Gasteiger partial charge in [0.05, 0.1) is 6.07 Å². The average Bonchev–Trinajstić information content (AvgIpc) is 3.16. The Bertz CT molecular complexity index is 1130. The molecule has 1 N–H and O–H groups in total. The Kier molecular flexibility index (Phi) is 8.15. The predicted molar refractivity (Wildman–Crippen MR) is 125 cm³/mol. The van der Waals surface area contributed by atoms with Crippen LogP contribution in [0.15, 0.2) is 48.5 Å². The fourth-order valence-corrected chi connectivity index (χ4v) is 5.33. The summed E-state index contributed by atoms with van der Waals surface area (Å²) in [7, 11) is 0. The third-order valence-corrected chi connectivity index (χ3v) is 7.07. The van der Waals surface area contributed by atoms with Crippen molar-refractivity contribution < 1.29 is 27.5 Å². The first-order chi connectivity index (χ1) is 16.5. The Morgan fingerprint density at radius 1 is 1.11 bits per heavy atom. The van der Waals surface area contributed by atoms with Crippen LogP contribution in [0.2, 0.25) is 10.0 Å². The van der Waals surface area contributed by atoms with Gasteiger partial charge in [-0.1, -0.05) is 74.2 Å². The number of carbonyl (C=O) groups excluding carboxylic acids is 2. The molecular formula is C25H23Cl2F3N2O3. The van der Waals surface area contributed by atoms with Crippen LogP contribution in [0, 0.1) is 17.2 Å². The van der Waals surface area contributed by atoms with Crippen LogP contribution >= 0.6 is 23.2 Å². The maximum absolute atomic E-state index is 13.0. The summed E-state index contributed by atoms with van der Waals surface area (Å²) in [5.74, 6) is -5.19. The maximum Gasteiger partial charge on any atom is 0.491 e. The highest BCUT2D eigenvalue weighted by atomic mass is 35.5. The lowest BCUT2D eigenvalue weighted by atomic mass is 9.62. The van der Waals surface area contributed by atoms with Gasteiger partial charge in [-0.15, -0.1) is 0 Å². The summed E-state index contributed by atoms with van der Waals surface area (Å²) in [6.45, 7) is 3.85. The number of hydrogen-bond donors (Lipinski definition) is 1. The standard InChI is InChI=1S/C25H23Cl2F3N2O3/c1-3-14(4-2)21-24(13-31,16-8-10-17(26)11-9-16)19(15-6-5-7-18(27)12-15)20(32-21)22(33)35-23(34)25(28,29)30/h5-12,14,19-21,32H,3-4H2,1-2H3/t19-,20+,21+,24+/m0/s1. The number of carbonyl (C=O) groups is 2. The molecule has 1 heterocycles. The summed E-state index contributed by atoms with van der Waals surface area (Å²) in [6.07, 6.45) is -4.11. The Hall–Kier alpha value is -2.60. The average molecular weight is 527 g/mol. The molecule has 0 aliphatic carbocycles. The molecule has 4 atom stereocenters. The van der Waals surface area contributed by atoms with Crippen LogP contribution in [-0.4, -0.2) is 30.2 Å². The molecule has 1 aliphatic heterocycles. The summed E-state index contributed by atoms with van der Waals surface area (Å²) in [5, 5.41) is 14.5. The molecule has 0 amide bonds. The number of nitrogens with one attached hydrogen (secondary N) is 1. The van der Waals surface area contributed by atoms with Gasteiger partial charge in [-0.25, -0.2) is 9.59 Å². The molecule has 186 valence electrons. The van der Waals surface area contributed by atoms with Crippen LogP contribution in [0.25, 0.3) is 0 Å². The van der Waals surface area contributed by atoms with E-state index >= 15 is 0 Å². The second-order valence-electron chi connectivity index (χ2n) is 8.43. The van der Waals surface area contributed by atoms with E-state index in [1.807, 2.05) is 13.8 Å². The summed E-state index contributed by atoms with van der Waals surface area (Å²) in [6, 6.07) is 13.2. The molecule has 0 bridgehead atoms. The molecule has 35 heavy (non-hydrogen) atoms. The number of rotatable bonds is 6. The second-order valence-corrected chi connectivity index (χ2v) is 9.30. The zero-order valence-corrected chi connectivity index (χ0v) is 20.4. The van der Waals surface area contributed by atoms with Crippen LogP contribution in [0.5, 0.6) is 0 Å². The number of halogens is 5. The Morgan fingerprint density at radius 3 is 2.26 bits per heavy atom. The quantitative estimate of drug-likeness (QED) is 0.371. The molecule has 5 nitrogen and oxygen atoms in total. The minimum Gasteiger partial charge on any atom is -0.385 e. The maximum atomic E-state index is 13.0. The van der Waals surface area contributed by atoms with Crippen molar-refractivity contribution >= 4 is 35.1 Å². The minimum absolute atomic E-state index is 0.136. The third-order valence-electron chi connectivity index (χ3n) is 6.59. The highest BCUT2D eigenvalue weighted by molar-refractivity contribution is 6.30. The summed E-state index contributed by atoms with van der Waals surface area (Å²) < 4.78 is 42.9. The first-order valence-corrected chi connectivity index (χ1v) is 11.8. The van der Waals surface area contributed by atoms with Gasteiger partial charge in [-0.05, 0) is 41.3 Å². The zero-order chi connectivity index (χ0) is 26.0. The molecule has 2 aromatic carbocycles. The fourth-order valence-electron chi connectivity index (χ4n) is 5.01. The van der Waals surface area contributed by atoms with Crippen LogP contribution in [0.3, 0.4) is 0 Å². The first-order valence-electron chi connectivity index (χ1n) is 11.0. The lowest BCUT2D eigenvalue weighted by Crippen LogP contribution is -2.47. The first kappa shape index (κ1) is 27.0. The Balaban J connectivity index is 2.26. The van der Waals surface area contributed by atoms with E-state index in [-0.39, 0.29) is 5.92 Å². The van der Waals surface area contributed by atoms with Crippen LogP contribution in [0.4, 0.5) is 13.2 Å². The molecule has 0 radical (unpaired) electrons. The highest BCUT2D eigenvalue weighted by Gasteiger charge is 2.61. The lowest BCUT2D eigenvalue weighted by Gasteiger charge is -2.38. The van der Waals surface area contributed by atoms with Crippen molar-refractivity contribution in [2.75, 3.05) is 0 Å². The van der Waals surface area contributed by atoms with Gasteiger partial charge in [0.2, 0.25) is 0 Å². The minimum atomic E-state index is -5.35. The molecule has 3 rings (SSSR count). The molecule has 1 saturated heterocycles. The molecule has 0 spiro atoms. The summed E-state index contributed by atoms with van der Waals surface area (Å²) >= 11 is 12.3. The Labute approximate surface area is 211 Å². The number of nitrogens with zero attached hydrogens (tertiary/aromatic N) is 1. The van der Waals surface area contributed by atoms with E-state index in [9.17, 15) is 28.0 Å². The molecular weight excluding hydrogens is 504 g/mol. The number of hydrogen-bond acceptors (Lipinski definition) is 5. The molecule has 10 heteroatoms. The van der Waals surface area contributed by atoms with Gasteiger partial charge in [0.1, 0.15) is 11.5 Å². The highest BCUT2D eigenvalue weighted by Crippen LogP contribution is 2.52. The molecule has 0 aromatic heterocycles. The zero-order valence-electron chi connectivity index (χ0n) is 18.9. The van der Waals surface area contributed by atoms with E-state index in [2.05, 4.69) is 16.1 Å². The van der Waals surface area contributed by atoms with Crippen LogP contribution in [-0.2, 0) is 19.7 Å². The summed E-state index contributed by atoms with van der Waals surface area (Å²) in [5.41, 5.74) is -0.454. The summed E-state index contributed by atoms with van der Waals surface area (Å²) in [4.78, 5) is 24.5. The van der Waals surface area contributed by atoms with Crippen molar-refractivity contribution in [3.8, 4) is 6.07 Å². The van der Waals surface area contributed by atoms with Crippen molar-refractivity contribution in [2.45, 2.75) is 56.3 Å². The van der Waals surface area contributed by atoms with E-state index in [1.54, 1.807) is 48.5 Å². The molecule has 0 unspecified atom stereocenters. The van der Waals surface area contributed by atoms with E-state index in [0.29, 0.717) is 34.0 Å². The van der Waals surface area contributed by atoms with Gasteiger partial charge in [-0.3, -0.25) is 5.32 Å². The van der Waals surface area contributed by atoms with Gasteiger partial charge in [-0.2, -0.15) is 18.4 Å². The third kappa shape index (κ3) is 5.18. The predicted octanol–water partition coefficient (Wildman–Crippen LogP) is 5.95. The largest absolute Gasteiger partial charge is 0.491 e. The molecule has 1 fully saturated rings. The van der Waals surface area contributed by atoms with Crippen molar-refractivity contribution in [2.24, 2.45) is 5.92 Å². The normalized spacial score (nSPS) is 24.3. The van der Waals surface area contributed by atoms with Crippen molar-refractivity contribution in [1.82, 2.24) is 5.32 Å². The Morgan fingerprint density at radius 2 is 1.74 bits per heavy atom.